The van der Waals surface area contributed by atoms with E-state index in [1.54, 1.807) is 11.3 Å². The van der Waals surface area contributed by atoms with E-state index >= 15 is 0 Å². The van der Waals surface area contributed by atoms with Crippen LogP contribution in [0.15, 0.2) is 35.7 Å². The molecule has 0 aliphatic rings. The van der Waals surface area contributed by atoms with Gasteiger partial charge in [0.25, 0.3) is 0 Å². The number of benzene rings is 1. The molecular formula is C17H21NOS. The van der Waals surface area contributed by atoms with Crippen molar-refractivity contribution in [2.24, 2.45) is 5.41 Å². The molecule has 106 valence electrons. The molecule has 1 aromatic carbocycles. The Labute approximate surface area is 124 Å². The third kappa shape index (κ3) is 4.01. The zero-order valence-electron chi connectivity index (χ0n) is 12.3. The van der Waals surface area contributed by atoms with E-state index < -0.39 is 0 Å². The summed E-state index contributed by atoms with van der Waals surface area (Å²) < 4.78 is 0. The molecule has 0 bridgehead atoms. The highest BCUT2D eigenvalue weighted by atomic mass is 32.1. The molecule has 20 heavy (non-hydrogen) atoms. The van der Waals surface area contributed by atoms with Gasteiger partial charge in [0.05, 0.1) is 10.7 Å². The number of carbonyl (C=O) groups is 1. The average Bonchev–Trinajstić information content (AvgIpc) is 2.87. The smallest absolute Gasteiger partial charge is 0.138 e. The molecule has 0 saturated carbocycles. The number of rotatable bonds is 5. The fourth-order valence-electron chi connectivity index (χ4n) is 1.94. The lowest BCUT2D eigenvalue weighted by atomic mass is 9.88. The Morgan fingerprint density at radius 3 is 2.55 bits per heavy atom. The normalized spacial score (nSPS) is 11.6. The van der Waals surface area contributed by atoms with Crippen molar-refractivity contribution in [3.05, 3.63) is 40.7 Å². The Hall–Kier alpha value is -1.48. The standard InChI is InChI=1S/C17H21NOS/c1-17(2,3)15(19)10-7-11-16-18-14(12-20-16)13-8-5-4-6-9-13/h4-6,8-9,12H,7,10-11H2,1-3H3. The van der Waals surface area contributed by atoms with Crippen molar-refractivity contribution in [1.82, 2.24) is 4.98 Å². The van der Waals surface area contributed by atoms with Crippen LogP contribution in [0.25, 0.3) is 11.3 Å². The number of Topliss-reactive ketones (excluding diaryl/α,β-unsaturated/α-hetero) is 1. The van der Waals surface area contributed by atoms with Crippen LogP contribution in [0.1, 0.15) is 38.6 Å². The summed E-state index contributed by atoms with van der Waals surface area (Å²) in [6.45, 7) is 5.94. The SMILES string of the molecule is CC(C)(C)C(=O)CCCc1nc(-c2ccccc2)cs1. The minimum Gasteiger partial charge on any atom is -0.299 e. The summed E-state index contributed by atoms with van der Waals surface area (Å²) in [4.78, 5) is 16.5. The largest absolute Gasteiger partial charge is 0.299 e. The summed E-state index contributed by atoms with van der Waals surface area (Å²) in [6, 6.07) is 10.2. The van der Waals surface area contributed by atoms with Crippen molar-refractivity contribution in [3.8, 4) is 11.3 Å². The van der Waals surface area contributed by atoms with Crippen molar-refractivity contribution in [2.75, 3.05) is 0 Å². The van der Waals surface area contributed by atoms with Gasteiger partial charge in [-0.25, -0.2) is 4.98 Å². The average molecular weight is 287 g/mol. The fourth-order valence-corrected chi connectivity index (χ4v) is 2.79. The molecule has 0 saturated heterocycles. The predicted octanol–water partition coefficient (Wildman–Crippen LogP) is 4.75. The van der Waals surface area contributed by atoms with Gasteiger partial charge in [-0.1, -0.05) is 51.1 Å². The molecule has 0 fully saturated rings. The lowest BCUT2D eigenvalue weighted by Gasteiger charge is -2.15. The topological polar surface area (TPSA) is 30.0 Å². The Balaban J connectivity index is 1.90. The second-order valence-electron chi connectivity index (χ2n) is 6.02. The Bertz CT molecular complexity index is 566. The van der Waals surface area contributed by atoms with Crippen molar-refractivity contribution < 1.29 is 4.79 Å². The second kappa shape index (κ2) is 6.31. The summed E-state index contributed by atoms with van der Waals surface area (Å²) >= 11 is 1.68. The van der Waals surface area contributed by atoms with E-state index in [9.17, 15) is 4.79 Å². The van der Waals surface area contributed by atoms with Gasteiger partial charge in [0.15, 0.2) is 0 Å². The zero-order chi connectivity index (χ0) is 14.6. The summed E-state index contributed by atoms with van der Waals surface area (Å²) in [5.74, 6) is 0.331. The number of nitrogens with zero attached hydrogens (tertiary/aromatic N) is 1. The van der Waals surface area contributed by atoms with Crippen molar-refractivity contribution in [3.63, 3.8) is 0 Å². The minimum absolute atomic E-state index is 0.224. The van der Waals surface area contributed by atoms with Gasteiger partial charge in [0.1, 0.15) is 5.78 Å². The number of hydrogen-bond acceptors (Lipinski definition) is 3. The van der Waals surface area contributed by atoms with Gasteiger partial charge >= 0.3 is 0 Å². The molecule has 0 aliphatic heterocycles. The molecule has 0 N–H and O–H groups in total. The van der Waals surface area contributed by atoms with Crippen LogP contribution in [-0.2, 0) is 11.2 Å². The summed E-state index contributed by atoms with van der Waals surface area (Å²) in [5, 5.41) is 3.21. The van der Waals surface area contributed by atoms with E-state index in [1.165, 1.54) is 0 Å². The minimum atomic E-state index is -0.224. The van der Waals surface area contributed by atoms with Crippen LogP contribution in [0.4, 0.5) is 0 Å². The molecule has 2 nitrogen and oxygen atoms in total. The van der Waals surface area contributed by atoms with Crippen LogP contribution >= 0.6 is 11.3 Å². The third-order valence-corrected chi connectivity index (χ3v) is 4.16. The molecule has 0 radical (unpaired) electrons. The summed E-state index contributed by atoms with van der Waals surface area (Å²) in [6.07, 6.45) is 2.42. The van der Waals surface area contributed by atoms with Crippen LogP contribution in [0.5, 0.6) is 0 Å². The predicted molar refractivity (Wildman–Crippen MR) is 85.0 cm³/mol. The van der Waals surface area contributed by atoms with E-state index in [0.29, 0.717) is 12.2 Å². The first kappa shape index (κ1) is 14.9. The molecule has 0 amide bonds. The maximum absolute atomic E-state index is 11.9. The molecule has 0 aliphatic carbocycles. The number of hydrogen-bond donors (Lipinski definition) is 0. The Morgan fingerprint density at radius 1 is 1.20 bits per heavy atom. The second-order valence-corrected chi connectivity index (χ2v) is 6.96. The Morgan fingerprint density at radius 2 is 1.90 bits per heavy atom. The first-order chi connectivity index (χ1) is 9.47. The first-order valence-corrected chi connectivity index (χ1v) is 7.88. The third-order valence-electron chi connectivity index (χ3n) is 3.25. The molecule has 0 spiro atoms. The van der Waals surface area contributed by atoms with Gasteiger partial charge in [-0.3, -0.25) is 4.79 Å². The number of thiazole rings is 1. The molecule has 2 aromatic rings. The van der Waals surface area contributed by atoms with Crippen LogP contribution in [-0.4, -0.2) is 10.8 Å². The van der Waals surface area contributed by atoms with Gasteiger partial charge in [-0.15, -0.1) is 11.3 Å². The number of ketones is 1. The molecule has 2 rings (SSSR count). The highest BCUT2D eigenvalue weighted by Crippen LogP contribution is 2.23. The quantitative estimate of drug-likeness (QED) is 0.794. The molecule has 0 atom stereocenters. The molecule has 0 unspecified atom stereocenters. The van der Waals surface area contributed by atoms with Crippen LogP contribution in [0, 0.1) is 5.41 Å². The summed E-state index contributed by atoms with van der Waals surface area (Å²) in [5.41, 5.74) is 1.96. The molecule has 1 heterocycles. The van der Waals surface area contributed by atoms with E-state index in [1.807, 2.05) is 39.0 Å². The number of aromatic nitrogens is 1. The van der Waals surface area contributed by atoms with Crippen molar-refractivity contribution in [1.29, 1.82) is 0 Å². The van der Waals surface area contributed by atoms with E-state index in [0.717, 1.165) is 29.1 Å². The number of carbonyl (C=O) groups excluding carboxylic acids is 1. The van der Waals surface area contributed by atoms with E-state index in [-0.39, 0.29) is 5.41 Å². The lowest BCUT2D eigenvalue weighted by molar-refractivity contribution is -0.126. The maximum Gasteiger partial charge on any atom is 0.138 e. The van der Waals surface area contributed by atoms with Gasteiger partial charge < -0.3 is 0 Å². The monoisotopic (exact) mass is 287 g/mol. The zero-order valence-corrected chi connectivity index (χ0v) is 13.2. The van der Waals surface area contributed by atoms with Gasteiger partial charge in [0, 0.05) is 22.8 Å². The van der Waals surface area contributed by atoms with Gasteiger partial charge in [-0.05, 0) is 12.8 Å². The number of aryl methyl sites for hydroxylation is 1. The van der Waals surface area contributed by atoms with Crippen LogP contribution in [0.3, 0.4) is 0 Å². The van der Waals surface area contributed by atoms with Crippen molar-refractivity contribution >= 4 is 17.1 Å². The molecular weight excluding hydrogens is 266 g/mol. The fraction of sp³-hybridized carbons (Fsp3) is 0.412. The molecule has 1 aromatic heterocycles. The summed E-state index contributed by atoms with van der Waals surface area (Å²) in [7, 11) is 0. The highest BCUT2D eigenvalue weighted by Gasteiger charge is 2.20. The van der Waals surface area contributed by atoms with E-state index in [4.69, 9.17) is 0 Å². The van der Waals surface area contributed by atoms with Gasteiger partial charge in [0.2, 0.25) is 0 Å². The molecule has 3 heteroatoms. The highest BCUT2D eigenvalue weighted by molar-refractivity contribution is 7.09. The Kier molecular flexibility index (Phi) is 4.71. The van der Waals surface area contributed by atoms with E-state index in [2.05, 4.69) is 22.5 Å². The lowest BCUT2D eigenvalue weighted by Crippen LogP contribution is -2.19. The first-order valence-electron chi connectivity index (χ1n) is 7.00. The maximum atomic E-state index is 11.9. The van der Waals surface area contributed by atoms with Gasteiger partial charge in [-0.2, -0.15) is 0 Å². The van der Waals surface area contributed by atoms with Crippen molar-refractivity contribution in [2.45, 2.75) is 40.0 Å². The van der Waals surface area contributed by atoms with Crippen LogP contribution < -0.4 is 0 Å². The van der Waals surface area contributed by atoms with Crippen LogP contribution in [0.2, 0.25) is 0 Å².